The van der Waals surface area contributed by atoms with Gasteiger partial charge in [0, 0.05) is 18.9 Å². The van der Waals surface area contributed by atoms with E-state index in [9.17, 15) is 13.2 Å². The van der Waals surface area contributed by atoms with Crippen LogP contribution in [-0.2, 0) is 21.4 Å². The molecule has 1 aliphatic rings. The molecule has 0 N–H and O–H groups in total. The van der Waals surface area contributed by atoms with Crippen LogP contribution in [0.15, 0.2) is 53.0 Å². The van der Waals surface area contributed by atoms with Gasteiger partial charge in [-0.25, -0.2) is 13.4 Å². The normalized spacial score (nSPS) is 16.2. The average Bonchev–Trinajstić information content (AvgIpc) is 3.66. The molecule has 194 valence electrons. The van der Waals surface area contributed by atoms with Gasteiger partial charge in [-0.1, -0.05) is 22.9 Å². The fourth-order valence-electron chi connectivity index (χ4n) is 4.31. The number of aromatic nitrogens is 2. The maximum atomic E-state index is 14.1. The highest BCUT2D eigenvalue weighted by Crippen LogP contribution is 2.41. The van der Waals surface area contributed by atoms with Crippen LogP contribution in [0.4, 0.5) is 5.13 Å². The second-order valence-corrected chi connectivity index (χ2v) is 13.1. The van der Waals surface area contributed by atoms with Gasteiger partial charge >= 0.3 is 0 Å². The molecule has 1 aromatic carbocycles. The van der Waals surface area contributed by atoms with Crippen molar-refractivity contribution in [3.8, 4) is 11.5 Å². The summed E-state index contributed by atoms with van der Waals surface area (Å²) >= 11 is 8.28. The van der Waals surface area contributed by atoms with E-state index in [0.29, 0.717) is 39.3 Å². The number of carbonyl (C=O) groups excluding carboxylic acids is 1. The van der Waals surface area contributed by atoms with Crippen molar-refractivity contribution in [1.29, 1.82) is 0 Å². The second kappa shape index (κ2) is 10.5. The van der Waals surface area contributed by atoms with Gasteiger partial charge in [-0.15, -0.1) is 11.3 Å². The van der Waals surface area contributed by atoms with E-state index in [4.69, 9.17) is 26.1 Å². The minimum absolute atomic E-state index is 0.118. The van der Waals surface area contributed by atoms with Crippen molar-refractivity contribution < 1.29 is 22.7 Å². The molecule has 1 atom stereocenters. The highest BCUT2D eigenvalue weighted by Gasteiger charge is 2.42. The van der Waals surface area contributed by atoms with Crippen LogP contribution in [0, 0.1) is 0 Å². The lowest BCUT2D eigenvalue weighted by atomic mass is 10.2. The van der Waals surface area contributed by atoms with Crippen molar-refractivity contribution in [1.82, 2.24) is 14.3 Å². The number of nitrogens with zero attached hydrogens (tertiary/aromatic N) is 4. The van der Waals surface area contributed by atoms with Crippen LogP contribution in [0.3, 0.4) is 0 Å². The van der Waals surface area contributed by atoms with Crippen LogP contribution in [0.25, 0.3) is 10.2 Å². The Balaban J connectivity index is 1.57. The summed E-state index contributed by atoms with van der Waals surface area (Å²) in [5.41, 5.74) is 1.40. The van der Waals surface area contributed by atoms with Crippen molar-refractivity contribution in [2.75, 3.05) is 25.7 Å². The lowest BCUT2D eigenvalue weighted by Gasteiger charge is -2.28. The number of ether oxygens (including phenoxy) is 2. The maximum absolute atomic E-state index is 14.1. The van der Waals surface area contributed by atoms with E-state index in [2.05, 4.69) is 4.98 Å². The highest BCUT2D eigenvalue weighted by molar-refractivity contribution is 7.91. The number of thiazole rings is 1. The summed E-state index contributed by atoms with van der Waals surface area (Å²) in [6.07, 6.45) is 4.27. The molecule has 5 rings (SSSR count). The van der Waals surface area contributed by atoms with Gasteiger partial charge in [0.2, 0.25) is 5.91 Å². The number of fused-ring (bicyclic) bond motifs is 1. The number of hydrogen-bond acceptors (Lipinski definition) is 9. The Morgan fingerprint density at radius 2 is 1.84 bits per heavy atom. The van der Waals surface area contributed by atoms with Crippen molar-refractivity contribution in [3.05, 3.63) is 58.7 Å². The van der Waals surface area contributed by atoms with Crippen molar-refractivity contribution in [2.45, 2.75) is 29.6 Å². The van der Waals surface area contributed by atoms with E-state index in [1.807, 2.05) is 12.1 Å². The number of thiophene rings is 1. The molecular formula is C24H23ClN4O5S3. The first-order chi connectivity index (χ1) is 17.8. The summed E-state index contributed by atoms with van der Waals surface area (Å²) in [6, 6.07) is 9.32. The Morgan fingerprint density at radius 3 is 2.51 bits per heavy atom. The first-order valence-corrected chi connectivity index (χ1v) is 14.8. The van der Waals surface area contributed by atoms with Crippen LogP contribution in [0.2, 0.25) is 4.34 Å². The number of sulfonamides is 1. The van der Waals surface area contributed by atoms with Gasteiger partial charge in [0.05, 0.1) is 25.1 Å². The zero-order valence-electron chi connectivity index (χ0n) is 20.0. The Hall–Kier alpha value is -2.77. The predicted molar refractivity (Wildman–Crippen MR) is 144 cm³/mol. The molecule has 0 aliphatic carbocycles. The molecule has 1 amide bonds. The number of carbonyl (C=O) groups is 1. The third kappa shape index (κ3) is 4.91. The van der Waals surface area contributed by atoms with Gasteiger partial charge in [0.25, 0.3) is 10.0 Å². The number of benzene rings is 1. The first kappa shape index (κ1) is 25.9. The van der Waals surface area contributed by atoms with Crippen LogP contribution in [0.5, 0.6) is 11.5 Å². The summed E-state index contributed by atoms with van der Waals surface area (Å²) in [6.45, 7) is 0.444. The first-order valence-electron chi connectivity index (χ1n) is 11.3. The predicted octanol–water partition coefficient (Wildman–Crippen LogP) is 4.81. The Bertz CT molecular complexity index is 1500. The number of amides is 1. The third-order valence-electron chi connectivity index (χ3n) is 6.09. The van der Waals surface area contributed by atoms with Gasteiger partial charge in [-0.05, 0) is 54.8 Å². The molecule has 0 bridgehead atoms. The fourth-order valence-corrected chi connectivity index (χ4v) is 8.65. The molecule has 37 heavy (non-hydrogen) atoms. The molecule has 0 spiro atoms. The standard InChI is InChI=1S/C24H23ClN4O5S3/c1-33-17-5-6-18(34-2)22-21(17)27-24(36-22)28(14-15-9-11-26-12-10-15)23(30)16-4-3-13-29(16)37(31,32)20-8-7-19(25)35-20/h5-12,16H,3-4,13-14H2,1-2H3. The summed E-state index contributed by atoms with van der Waals surface area (Å²) in [5.74, 6) is 0.808. The smallest absolute Gasteiger partial charge is 0.253 e. The van der Waals surface area contributed by atoms with E-state index in [1.54, 1.807) is 49.7 Å². The summed E-state index contributed by atoms with van der Waals surface area (Å²) in [4.78, 5) is 24.5. The topological polar surface area (TPSA) is 102 Å². The number of methoxy groups -OCH3 is 2. The van der Waals surface area contributed by atoms with E-state index in [-0.39, 0.29) is 23.2 Å². The molecule has 0 saturated carbocycles. The van der Waals surface area contributed by atoms with Crippen LogP contribution in [0.1, 0.15) is 18.4 Å². The fraction of sp³-hybridized carbons (Fsp3) is 0.292. The van der Waals surface area contributed by atoms with Gasteiger partial charge in [-0.2, -0.15) is 4.31 Å². The molecule has 0 radical (unpaired) electrons. The average molecular weight is 579 g/mol. The molecule has 1 aliphatic heterocycles. The number of hydrogen-bond donors (Lipinski definition) is 0. The molecule has 1 fully saturated rings. The largest absolute Gasteiger partial charge is 0.495 e. The molecule has 1 saturated heterocycles. The van der Waals surface area contributed by atoms with E-state index in [0.717, 1.165) is 21.6 Å². The zero-order chi connectivity index (χ0) is 26.2. The van der Waals surface area contributed by atoms with Gasteiger partial charge in [0.1, 0.15) is 32.0 Å². The highest BCUT2D eigenvalue weighted by atomic mass is 35.5. The minimum Gasteiger partial charge on any atom is -0.495 e. The molecule has 1 unspecified atom stereocenters. The molecule has 9 nitrogen and oxygen atoms in total. The Kier molecular flexibility index (Phi) is 7.37. The van der Waals surface area contributed by atoms with Crippen molar-refractivity contribution in [2.24, 2.45) is 0 Å². The van der Waals surface area contributed by atoms with Crippen LogP contribution >= 0.6 is 34.3 Å². The number of halogens is 1. The zero-order valence-corrected chi connectivity index (χ0v) is 23.2. The van der Waals surface area contributed by atoms with Gasteiger partial charge < -0.3 is 9.47 Å². The number of anilines is 1. The SMILES string of the molecule is COc1ccc(OC)c2sc(N(Cc3ccncc3)C(=O)C3CCCN3S(=O)(=O)c3ccc(Cl)s3)nc12. The Morgan fingerprint density at radius 1 is 1.11 bits per heavy atom. The lowest BCUT2D eigenvalue weighted by molar-refractivity contribution is -0.121. The summed E-state index contributed by atoms with van der Waals surface area (Å²) < 4.78 is 40.4. The molecular weight excluding hydrogens is 556 g/mol. The molecule has 3 aromatic heterocycles. The van der Waals surface area contributed by atoms with Crippen LogP contribution < -0.4 is 14.4 Å². The number of rotatable bonds is 8. The molecule has 4 heterocycles. The second-order valence-electron chi connectivity index (χ2n) is 8.26. The monoisotopic (exact) mass is 578 g/mol. The van der Waals surface area contributed by atoms with Crippen molar-refractivity contribution in [3.63, 3.8) is 0 Å². The third-order valence-corrected chi connectivity index (χ3v) is 10.8. The van der Waals surface area contributed by atoms with E-state index in [1.165, 1.54) is 21.7 Å². The van der Waals surface area contributed by atoms with E-state index >= 15 is 0 Å². The lowest BCUT2D eigenvalue weighted by Crippen LogP contribution is -2.47. The Labute approximate surface area is 227 Å². The minimum atomic E-state index is -3.89. The number of pyridine rings is 1. The van der Waals surface area contributed by atoms with Crippen LogP contribution in [-0.4, -0.2) is 55.4 Å². The van der Waals surface area contributed by atoms with Crippen molar-refractivity contribution >= 4 is 65.6 Å². The maximum Gasteiger partial charge on any atom is 0.253 e. The molecule has 13 heteroatoms. The summed E-state index contributed by atoms with van der Waals surface area (Å²) in [7, 11) is -0.772. The van der Waals surface area contributed by atoms with Gasteiger partial charge in [-0.3, -0.25) is 14.7 Å². The summed E-state index contributed by atoms with van der Waals surface area (Å²) in [5, 5.41) is 0.419. The van der Waals surface area contributed by atoms with Gasteiger partial charge in [0.15, 0.2) is 5.13 Å². The van der Waals surface area contributed by atoms with E-state index < -0.39 is 16.1 Å². The quantitative estimate of drug-likeness (QED) is 0.296. The molecule has 4 aromatic rings.